The molecule has 21 heavy (non-hydrogen) atoms. The van der Waals surface area contributed by atoms with Gasteiger partial charge in [0, 0.05) is 6.04 Å². The van der Waals surface area contributed by atoms with Crippen molar-refractivity contribution < 1.29 is 12.8 Å². The van der Waals surface area contributed by atoms with Gasteiger partial charge in [-0.3, -0.25) is 0 Å². The number of hydrogen-bond donors (Lipinski definition) is 1. The fourth-order valence-electron chi connectivity index (χ4n) is 2.11. The van der Waals surface area contributed by atoms with E-state index in [4.69, 9.17) is 11.6 Å². The van der Waals surface area contributed by atoms with E-state index in [0.29, 0.717) is 12.5 Å². The summed E-state index contributed by atoms with van der Waals surface area (Å²) >= 11 is 5.63. The fourth-order valence-corrected chi connectivity index (χ4v) is 3.71. The van der Waals surface area contributed by atoms with E-state index in [-0.39, 0.29) is 15.7 Å². The minimum atomic E-state index is -3.40. The van der Waals surface area contributed by atoms with Crippen LogP contribution >= 0.6 is 11.6 Å². The van der Waals surface area contributed by atoms with Crippen LogP contribution in [0.15, 0.2) is 23.1 Å². The highest BCUT2D eigenvalue weighted by Crippen LogP contribution is 2.21. The summed E-state index contributed by atoms with van der Waals surface area (Å²) in [7, 11) is -3.40. The second-order valence-corrected chi connectivity index (χ2v) is 7.61. The summed E-state index contributed by atoms with van der Waals surface area (Å²) in [5.74, 6) is -0.551. The normalized spacial score (nSPS) is 13.3. The first-order valence-electron chi connectivity index (χ1n) is 7.32. The number of nitrogens with one attached hydrogen (secondary N) is 1. The lowest BCUT2D eigenvalue weighted by molar-refractivity contribution is 0.463. The summed E-state index contributed by atoms with van der Waals surface area (Å²) in [6.45, 7) is 5.13. The molecule has 1 N–H and O–H groups in total. The molecule has 0 fully saturated rings. The maximum atomic E-state index is 13.1. The molecule has 120 valence electrons. The first-order valence-corrected chi connectivity index (χ1v) is 9.35. The molecule has 0 saturated heterocycles. The highest BCUT2D eigenvalue weighted by atomic mass is 35.5. The minimum Gasteiger partial charge on any atom is -0.314 e. The first-order chi connectivity index (χ1) is 9.90. The van der Waals surface area contributed by atoms with Gasteiger partial charge in [-0.1, -0.05) is 25.4 Å². The van der Waals surface area contributed by atoms with Gasteiger partial charge in [0.05, 0.1) is 15.7 Å². The van der Waals surface area contributed by atoms with E-state index in [1.807, 2.05) is 0 Å². The van der Waals surface area contributed by atoms with Gasteiger partial charge in [-0.15, -0.1) is 0 Å². The lowest BCUT2D eigenvalue weighted by atomic mass is 10.1. The van der Waals surface area contributed by atoms with Crippen LogP contribution in [0, 0.1) is 5.82 Å². The lowest BCUT2D eigenvalue weighted by Gasteiger charge is -2.16. The van der Waals surface area contributed by atoms with E-state index < -0.39 is 15.7 Å². The van der Waals surface area contributed by atoms with Crippen molar-refractivity contribution in [3.8, 4) is 0 Å². The molecule has 0 radical (unpaired) electrons. The molecule has 6 heteroatoms. The average molecular weight is 336 g/mol. The summed E-state index contributed by atoms with van der Waals surface area (Å²) in [5, 5.41) is 3.24. The molecule has 1 atom stereocenters. The number of rotatable bonds is 9. The molecule has 0 aliphatic carbocycles. The fraction of sp³-hybridized carbons (Fsp3) is 0.600. The number of halogens is 2. The van der Waals surface area contributed by atoms with Crippen molar-refractivity contribution in [2.24, 2.45) is 0 Å². The van der Waals surface area contributed by atoms with Gasteiger partial charge in [0.1, 0.15) is 5.82 Å². The van der Waals surface area contributed by atoms with Gasteiger partial charge in [-0.25, -0.2) is 12.8 Å². The molecule has 0 aromatic heterocycles. The Morgan fingerprint density at radius 2 is 2.05 bits per heavy atom. The van der Waals surface area contributed by atoms with Crippen LogP contribution in [0.2, 0.25) is 5.02 Å². The van der Waals surface area contributed by atoms with Crippen LogP contribution in [0.1, 0.15) is 39.5 Å². The Morgan fingerprint density at radius 3 is 2.62 bits per heavy atom. The SMILES string of the molecule is CCCNC(CC)CCCS(=O)(=O)c1ccc(F)c(Cl)c1. The zero-order chi connectivity index (χ0) is 15.9. The first kappa shape index (κ1) is 18.4. The highest BCUT2D eigenvalue weighted by Gasteiger charge is 2.17. The van der Waals surface area contributed by atoms with Crippen molar-refractivity contribution in [1.82, 2.24) is 5.32 Å². The Kier molecular flexibility index (Phi) is 7.63. The van der Waals surface area contributed by atoms with Gasteiger partial charge in [0.2, 0.25) is 0 Å². The van der Waals surface area contributed by atoms with Gasteiger partial charge >= 0.3 is 0 Å². The third-order valence-corrected chi connectivity index (χ3v) is 5.48. The third-order valence-electron chi connectivity index (χ3n) is 3.39. The van der Waals surface area contributed by atoms with E-state index in [2.05, 4.69) is 19.2 Å². The Bertz CT molecular complexity index is 549. The van der Waals surface area contributed by atoms with Gasteiger partial charge < -0.3 is 5.32 Å². The minimum absolute atomic E-state index is 0.0548. The summed E-state index contributed by atoms with van der Waals surface area (Å²) in [5.41, 5.74) is 0. The van der Waals surface area contributed by atoms with Crippen molar-refractivity contribution in [2.75, 3.05) is 12.3 Å². The van der Waals surface area contributed by atoms with Crippen LogP contribution in [0.5, 0.6) is 0 Å². The van der Waals surface area contributed by atoms with Crippen molar-refractivity contribution in [3.05, 3.63) is 29.0 Å². The highest BCUT2D eigenvalue weighted by molar-refractivity contribution is 7.91. The maximum absolute atomic E-state index is 13.1. The quantitative estimate of drug-likeness (QED) is 0.698. The summed E-state index contributed by atoms with van der Waals surface area (Å²) < 4.78 is 37.4. The van der Waals surface area contributed by atoms with Crippen LogP contribution in [0.3, 0.4) is 0 Å². The summed E-state index contributed by atoms with van der Waals surface area (Å²) in [4.78, 5) is 0.0865. The van der Waals surface area contributed by atoms with E-state index >= 15 is 0 Å². The van der Waals surface area contributed by atoms with Crippen molar-refractivity contribution in [1.29, 1.82) is 0 Å². The molecule has 3 nitrogen and oxygen atoms in total. The monoisotopic (exact) mass is 335 g/mol. The van der Waals surface area contributed by atoms with Gasteiger partial charge in [-0.2, -0.15) is 0 Å². The molecule has 0 spiro atoms. The molecule has 0 bridgehead atoms. The largest absolute Gasteiger partial charge is 0.314 e. The van der Waals surface area contributed by atoms with Crippen LogP contribution in [0.4, 0.5) is 4.39 Å². The van der Waals surface area contributed by atoms with E-state index in [9.17, 15) is 12.8 Å². The average Bonchev–Trinajstić information content (AvgIpc) is 2.45. The van der Waals surface area contributed by atoms with Crippen molar-refractivity contribution >= 4 is 21.4 Å². The zero-order valence-electron chi connectivity index (χ0n) is 12.5. The molecular weight excluding hydrogens is 313 g/mol. The van der Waals surface area contributed by atoms with Crippen LogP contribution in [-0.4, -0.2) is 26.8 Å². The molecule has 1 rings (SSSR count). The Hall–Kier alpha value is -0.650. The van der Waals surface area contributed by atoms with Crippen molar-refractivity contribution in [3.63, 3.8) is 0 Å². The predicted octanol–water partition coefficient (Wildman–Crippen LogP) is 3.81. The van der Waals surface area contributed by atoms with E-state index in [1.54, 1.807) is 0 Å². The molecule has 0 saturated carbocycles. The molecule has 1 aromatic carbocycles. The van der Waals surface area contributed by atoms with Gasteiger partial charge in [-0.05, 0) is 50.4 Å². The Morgan fingerprint density at radius 1 is 1.33 bits per heavy atom. The topological polar surface area (TPSA) is 46.2 Å². The molecule has 0 heterocycles. The maximum Gasteiger partial charge on any atom is 0.178 e. The van der Waals surface area contributed by atoms with E-state index in [0.717, 1.165) is 31.9 Å². The summed E-state index contributed by atoms with van der Waals surface area (Å²) in [6, 6.07) is 3.88. The van der Waals surface area contributed by atoms with Crippen LogP contribution in [0.25, 0.3) is 0 Å². The van der Waals surface area contributed by atoms with Crippen LogP contribution < -0.4 is 5.32 Å². The molecule has 1 unspecified atom stereocenters. The Labute approximate surface area is 131 Å². The summed E-state index contributed by atoms with van der Waals surface area (Å²) in [6.07, 6.45) is 3.42. The van der Waals surface area contributed by atoms with Gasteiger partial charge in [0.25, 0.3) is 0 Å². The van der Waals surface area contributed by atoms with Crippen LogP contribution in [-0.2, 0) is 9.84 Å². The van der Waals surface area contributed by atoms with Crippen molar-refractivity contribution in [2.45, 2.75) is 50.5 Å². The van der Waals surface area contributed by atoms with Gasteiger partial charge in [0.15, 0.2) is 9.84 Å². The molecular formula is C15H23ClFNO2S. The Balaban J connectivity index is 2.58. The number of benzene rings is 1. The lowest BCUT2D eigenvalue weighted by Crippen LogP contribution is -2.29. The van der Waals surface area contributed by atoms with E-state index in [1.165, 1.54) is 12.1 Å². The predicted molar refractivity (Wildman–Crippen MR) is 85.1 cm³/mol. The molecule has 1 aromatic rings. The molecule has 0 aliphatic rings. The molecule has 0 amide bonds. The zero-order valence-corrected chi connectivity index (χ0v) is 14.1. The smallest absolute Gasteiger partial charge is 0.178 e. The second kappa shape index (κ2) is 8.71. The standard InChI is InChI=1S/C15H23ClFNO2S/c1-3-9-18-12(4-2)6-5-10-21(19,20)13-7-8-15(17)14(16)11-13/h7-8,11-12,18H,3-6,9-10H2,1-2H3. The third kappa shape index (κ3) is 5.93. The second-order valence-electron chi connectivity index (χ2n) is 5.10. The number of hydrogen-bond acceptors (Lipinski definition) is 3. The molecule has 0 aliphatic heterocycles. The number of sulfone groups is 1.